The Bertz CT molecular complexity index is 805. The molecule has 1 fully saturated rings. The van der Waals surface area contributed by atoms with Crippen LogP contribution < -0.4 is 9.80 Å². The van der Waals surface area contributed by atoms with Crippen molar-refractivity contribution in [1.82, 2.24) is 9.97 Å². The third-order valence-electron chi connectivity index (χ3n) is 4.15. The Morgan fingerprint density at radius 2 is 1.76 bits per heavy atom. The molecule has 3 rings (SSSR count). The standard InChI is InChI=1S/C17H16F3N5/c1-12-22-5-4-16(23-12)25-8-6-24(7-9-25)15-3-2-14(17(18,19)20)10-13(15)11-21/h2-5,10H,6-9H2,1H3. The number of nitriles is 1. The van der Waals surface area contributed by atoms with E-state index < -0.39 is 11.7 Å². The summed E-state index contributed by atoms with van der Waals surface area (Å²) >= 11 is 0. The van der Waals surface area contributed by atoms with E-state index >= 15 is 0 Å². The van der Waals surface area contributed by atoms with Gasteiger partial charge in [-0.15, -0.1) is 0 Å². The second-order valence-corrected chi connectivity index (χ2v) is 5.78. The Labute approximate surface area is 143 Å². The number of aryl methyl sites for hydroxylation is 1. The SMILES string of the molecule is Cc1nccc(N2CCN(c3ccc(C(F)(F)F)cc3C#N)CC2)n1. The number of alkyl halides is 3. The van der Waals surface area contributed by atoms with Crippen molar-refractivity contribution in [2.45, 2.75) is 13.1 Å². The third-order valence-corrected chi connectivity index (χ3v) is 4.15. The highest BCUT2D eigenvalue weighted by Gasteiger charge is 2.31. The minimum atomic E-state index is -4.45. The summed E-state index contributed by atoms with van der Waals surface area (Å²) in [6.45, 7) is 4.36. The Kier molecular flexibility index (Phi) is 4.49. The number of anilines is 2. The predicted molar refractivity (Wildman–Crippen MR) is 87.4 cm³/mol. The van der Waals surface area contributed by atoms with Gasteiger partial charge in [-0.25, -0.2) is 9.97 Å². The quantitative estimate of drug-likeness (QED) is 0.836. The maximum atomic E-state index is 12.8. The molecule has 0 amide bonds. The lowest BCUT2D eigenvalue weighted by molar-refractivity contribution is -0.137. The van der Waals surface area contributed by atoms with Crippen LogP contribution in [0.1, 0.15) is 17.0 Å². The lowest BCUT2D eigenvalue weighted by atomic mass is 10.1. The second-order valence-electron chi connectivity index (χ2n) is 5.78. The maximum Gasteiger partial charge on any atom is 0.416 e. The van der Waals surface area contributed by atoms with Gasteiger partial charge in [-0.1, -0.05) is 0 Å². The smallest absolute Gasteiger partial charge is 0.367 e. The van der Waals surface area contributed by atoms with Crippen LogP contribution in [0.15, 0.2) is 30.5 Å². The predicted octanol–water partition coefficient (Wildman–Crippen LogP) is 3.00. The Hall–Kier alpha value is -2.82. The van der Waals surface area contributed by atoms with Crippen LogP contribution in [0.25, 0.3) is 0 Å². The number of aromatic nitrogens is 2. The first-order chi connectivity index (χ1) is 11.9. The van der Waals surface area contributed by atoms with Crippen LogP contribution in [0.3, 0.4) is 0 Å². The first-order valence-corrected chi connectivity index (χ1v) is 7.79. The van der Waals surface area contributed by atoms with Gasteiger partial charge in [-0.2, -0.15) is 18.4 Å². The summed E-state index contributed by atoms with van der Waals surface area (Å²) in [6.07, 6.45) is -2.75. The normalized spacial score (nSPS) is 15.2. The molecule has 8 heteroatoms. The Balaban J connectivity index is 1.76. The summed E-state index contributed by atoms with van der Waals surface area (Å²) in [5.41, 5.74) is -0.224. The van der Waals surface area contributed by atoms with Crippen molar-refractivity contribution in [2.24, 2.45) is 0 Å². The monoisotopic (exact) mass is 347 g/mol. The molecule has 130 valence electrons. The van der Waals surface area contributed by atoms with E-state index in [2.05, 4.69) is 14.9 Å². The van der Waals surface area contributed by atoms with Crippen LogP contribution in [0.4, 0.5) is 24.7 Å². The molecule has 0 atom stereocenters. The first kappa shape index (κ1) is 17.0. The molecule has 0 saturated carbocycles. The van der Waals surface area contributed by atoms with Crippen LogP contribution in [0.2, 0.25) is 0 Å². The molecule has 1 aliphatic rings. The number of halogens is 3. The maximum absolute atomic E-state index is 12.8. The fourth-order valence-corrected chi connectivity index (χ4v) is 2.87. The van der Waals surface area contributed by atoms with E-state index in [1.165, 1.54) is 6.07 Å². The van der Waals surface area contributed by atoms with Crippen molar-refractivity contribution in [1.29, 1.82) is 5.26 Å². The van der Waals surface area contributed by atoms with Crippen LogP contribution >= 0.6 is 0 Å². The number of nitrogens with zero attached hydrogens (tertiary/aromatic N) is 5. The summed E-state index contributed by atoms with van der Waals surface area (Å²) in [5.74, 6) is 1.52. The van der Waals surface area contributed by atoms with E-state index in [1.54, 1.807) is 6.20 Å². The molecule has 0 unspecified atom stereocenters. The van der Waals surface area contributed by atoms with Gasteiger partial charge in [-0.05, 0) is 31.2 Å². The van der Waals surface area contributed by atoms with Crippen molar-refractivity contribution >= 4 is 11.5 Å². The average molecular weight is 347 g/mol. The summed E-state index contributed by atoms with van der Waals surface area (Å²) in [7, 11) is 0. The third kappa shape index (κ3) is 3.65. The summed E-state index contributed by atoms with van der Waals surface area (Å²) in [4.78, 5) is 12.5. The highest BCUT2D eigenvalue weighted by molar-refractivity contribution is 5.61. The molecule has 0 aliphatic carbocycles. The van der Waals surface area contributed by atoms with E-state index in [0.29, 0.717) is 37.7 Å². The van der Waals surface area contributed by atoms with E-state index in [4.69, 9.17) is 0 Å². The zero-order valence-electron chi connectivity index (χ0n) is 13.6. The molecular weight excluding hydrogens is 331 g/mol. The van der Waals surface area contributed by atoms with E-state index in [9.17, 15) is 18.4 Å². The van der Waals surface area contributed by atoms with Gasteiger partial charge in [0, 0.05) is 32.4 Å². The summed E-state index contributed by atoms with van der Waals surface area (Å²) in [6, 6.07) is 7.03. The van der Waals surface area contributed by atoms with Crippen molar-refractivity contribution in [3.63, 3.8) is 0 Å². The van der Waals surface area contributed by atoms with Crippen LogP contribution in [-0.4, -0.2) is 36.1 Å². The van der Waals surface area contributed by atoms with Gasteiger partial charge in [0.25, 0.3) is 0 Å². The van der Waals surface area contributed by atoms with Gasteiger partial charge in [0.15, 0.2) is 0 Å². The van der Waals surface area contributed by atoms with Crippen molar-refractivity contribution in [3.8, 4) is 6.07 Å². The zero-order chi connectivity index (χ0) is 18.0. The second kappa shape index (κ2) is 6.59. The highest BCUT2D eigenvalue weighted by atomic mass is 19.4. The molecule has 0 N–H and O–H groups in total. The molecule has 0 radical (unpaired) electrons. The molecule has 0 spiro atoms. The Morgan fingerprint density at radius 1 is 1.08 bits per heavy atom. The van der Waals surface area contributed by atoms with E-state index in [-0.39, 0.29) is 5.56 Å². The van der Waals surface area contributed by atoms with Crippen LogP contribution in [0, 0.1) is 18.3 Å². The molecular formula is C17H16F3N5. The van der Waals surface area contributed by atoms with Crippen LogP contribution in [0.5, 0.6) is 0 Å². The van der Waals surface area contributed by atoms with E-state index in [1.807, 2.05) is 24.0 Å². The molecule has 1 aromatic heterocycles. The largest absolute Gasteiger partial charge is 0.416 e. The molecule has 2 aromatic rings. The van der Waals surface area contributed by atoms with Gasteiger partial charge in [-0.3, -0.25) is 0 Å². The van der Waals surface area contributed by atoms with Gasteiger partial charge < -0.3 is 9.80 Å². The van der Waals surface area contributed by atoms with Crippen molar-refractivity contribution in [2.75, 3.05) is 36.0 Å². The fourth-order valence-electron chi connectivity index (χ4n) is 2.87. The number of benzene rings is 1. The minimum Gasteiger partial charge on any atom is -0.367 e. The van der Waals surface area contributed by atoms with Gasteiger partial charge in [0.1, 0.15) is 17.7 Å². The summed E-state index contributed by atoms with van der Waals surface area (Å²) in [5, 5.41) is 9.23. The minimum absolute atomic E-state index is 0.0427. The molecule has 5 nitrogen and oxygen atoms in total. The lowest BCUT2D eigenvalue weighted by Crippen LogP contribution is -2.47. The summed E-state index contributed by atoms with van der Waals surface area (Å²) < 4.78 is 38.4. The van der Waals surface area contributed by atoms with Gasteiger partial charge >= 0.3 is 6.18 Å². The number of hydrogen-bond acceptors (Lipinski definition) is 5. The molecule has 25 heavy (non-hydrogen) atoms. The Morgan fingerprint density at radius 3 is 2.36 bits per heavy atom. The molecule has 2 heterocycles. The first-order valence-electron chi connectivity index (χ1n) is 7.79. The van der Waals surface area contributed by atoms with Gasteiger partial charge in [0.05, 0.1) is 16.8 Å². The number of piperazine rings is 1. The topological polar surface area (TPSA) is 56.1 Å². The highest BCUT2D eigenvalue weighted by Crippen LogP contribution is 2.33. The average Bonchev–Trinajstić information content (AvgIpc) is 2.60. The van der Waals surface area contributed by atoms with Crippen molar-refractivity contribution in [3.05, 3.63) is 47.4 Å². The molecule has 0 bridgehead atoms. The lowest BCUT2D eigenvalue weighted by Gasteiger charge is -2.37. The molecule has 1 aliphatic heterocycles. The number of rotatable bonds is 2. The molecule has 1 aromatic carbocycles. The van der Waals surface area contributed by atoms with Crippen molar-refractivity contribution < 1.29 is 13.2 Å². The van der Waals surface area contributed by atoms with E-state index in [0.717, 1.165) is 18.0 Å². The van der Waals surface area contributed by atoms with Gasteiger partial charge in [0.2, 0.25) is 0 Å². The number of hydrogen-bond donors (Lipinski definition) is 0. The van der Waals surface area contributed by atoms with Crippen LogP contribution in [-0.2, 0) is 6.18 Å². The fraction of sp³-hybridized carbons (Fsp3) is 0.353. The molecule has 1 saturated heterocycles. The zero-order valence-corrected chi connectivity index (χ0v) is 13.6.